The summed E-state index contributed by atoms with van der Waals surface area (Å²) >= 11 is 1.65. The Bertz CT molecular complexity index is 1410. The third kappa shape index (κ3) is 7.10. The number of pyridine rings is 1. The molecule has 3 aromatic rings. The molecule has 41 heavy (non-hydrogen) atoms. The van der Waals surface area contributed by atoms with Crippen LogP contribution in [0.25, 0.3) is 11.4 Å². The molecule has 1 fully saturated rings. The number of halogens is 3. The monoisotopic (exact) mass is 588 g/mol. The fraction of sp³-hybridized carbons (Fsp3) is 0.444. The minimum Gasteiger partial charge on any atom is -0.480 e. The Morgan fingerprint density at radius 1 is 1.27 bits per heavy atom. The maximum absolute atomic E-state index is 13.8. The minimum atomic E-state index is -4.55. The van der Waals surface area contributed by atoms with Crippen LogP contribution in [0.4, 0.5) is 24.7 Å². The first-order chi connectivity index (χ1) is 19.6. The maximum atomic E-state index is 13.8. The van der Waals surface area contributed by atoms with Gasteiger partial charge in [-0.2, -0.15) is 13.2 Å². The van der Waals surface area contributed by atoms with E-state index in [9.17, 15) is 18.0 Å². The predicted octanol–water partition coefficient (Wildman–Crippen LogP) is 5.04. The summed E-state index contributed by atoms with van der Waals surface area (Å²) in [6.07, 6.45) is 0.883. The van der Waals surface area contributed by atoms with E-state index in [0.29, 0.717) is 23.2 Å². The molecule has 1 aliphatic carbocycles. The second-order valence-corrected chi connectivity index (χ2v) is 10.8. The van der Waals surface area contributed by atoms with Crippen molar-refractivity contribution in [2.45, 2.75) is 63.2 Å². The van der Waals surface area contributed by atoms with Gasteiger partial charge in [0.25, 0.3) is 0 Å². The van der Waals surface area contributed by atoms with E-state index in [2.05, 4.69) is 35.2 Å². The van der Waals surface area contributed by atoms with Crippen molar-refractivity contribution in [3.63, 3.8) is 0 Å². The van der Waals surface area contributed by atoms with Crippen molar-refractivity contribution >= 4 is 35.4 Å². The molecule has 0 unspecified atom stereocenters. The number of nitrogens with zero attached hydrogens (tertiary/aromatic N) is 7. The van der Waals surface area contributed by atoms with Crippen LogP contribution in [0.5, 0.6) is 5.88 Å². The number of hydrogen-bond acceptors (Lipinski definition) is 10. The van der Waals surface area contributed by atoms with Crippen LogP contribution in [0.3, 0.4) is 0 Å². The van der Waals surface area contributed by atoms with Gasteiger partial charge in [0.05, 0.1) is 30.7 Å². The summed E-state index contributed by atoms with van der Waals surface area (Å²) in [6.45, 7) is 4.85. The lowest BCUT2D eigenvalue weighted by molar-refractivity contribution is -0.144. The summed E-state index contributed by atoms with van der Waals surface area (Å²) in [5.41, 5.74) is 2.05. The van der Waals surface area contributed by atoms with E-state index >= 15 is 0 Å². The SMILES string of the molecule is CCSc1ccc(CN/C(C=O)=N/c2c(C)nc(-c3c(OC)ncnc3C3CC3)nc2N(C)[C@@H](C)C(F)(F)F)nc1. The highest BCUT2D eigenvalue weighted by atomic mass is 32.2. The number of methoxy groups -OCH3 is 1. The molecule has 10 nitrogen and oxygen atoms in total. The van der Waals surface area contributed by atoms with E-state index in [-0.39, 0.29) is 47.2 Å². The highest BCUT2D eigenvalue weighted by Crippen LogP contribution is 2.46. The van der Waals surface area contributed by atoms with E-state index in [1.807, 2.05) is 19.1 Å². The van der Waals surface area contributed by atoms with Crippen molar-refractivity contribution in [2.75, 3.05) is 24.8 Å². The summed E-state index contributed by atoms with van der Waals surface area (Å²) in [6, 6.07) is 1.84. The zero-order valence-corrected chi connectivity index (χ0v) is 24.2. The van der Waals surface area contributed by atoms with Gasteiger partial charge in [-0.25, -0.2) is 24.9 Å². The van der Waals surface area contributed by atoms with Gasteiger partial charge >= 0.3 is 6.18 Å². The fourth-order valence-corrected chi connectivity index (χ4v) is 4.66. The fourth-order valence-electron chi connectivity index (χ4n) is 4.03. The highest BCUT2D eigenvalue weighted by Gasteiger charge is 2.40. The third-order valence-electron chi connectivity index (χ3n) is 6.55. The molecule has 0 saturated heterocycles. The lowest BCUT2D eigenvalue weighted by atomic mass is 10.1. The summed E-state index contributed by atoms with van der Waals surface area (Å²) in [4.78, 5) is 40.4. The molecular formula is C27H31F3N8O2S. The van der Waals surface area contributed by atoms with E-state index in [4.69, 9.17) is 4.74 Å². The number of aliphatic imine (C=N–C) groups is 1. The molecule has 4 rings (SSSR count). The molecule has 1 atom stereocenters. The summed E-state index contributed by atoms with van der Waals surface area (Å²) in [5, 5.41) is 2.91. The second kappa shape index (κ2) is 12.8. The number of amidine groups is 1. The van der Waals surface area contributed by atoms with E-state index in [1.54, 1.807) is 24.9 Å². The van der Waals surface area contributed by atoms with Gasteiger partial charge in [0.15, 0.2) is 23.8 Å². The number of aldehydes is 1. The lowest BCUT2D eigenvalue weighted by Crippen LogP contribution is -2.41. The molecule has 218 valence electrons. The maximum Gasteiger partial charge on any atom is 0.408 e. The predicted molar refractivity (Wildman–Crippen MR) is 151 cm³/mol. The average molecular weight is 589 g/mol. The zero-order chi connectivity index (χ0) is 29.7. The molecule has 0 radical (unpaired) electrons. The summed E-state index contributed by atoms with van der Waals surface area (Å²) < 4.78 is 46.9. The Kier molecular flexibility index (Phi) is 9.41. The van der Waals surface area contributed by atoms with Crippen LogP contribution < -0.4 is 15.0 Å². The zero-order valence-electron chi connectivity index (χ0n) is 23.4. The van der Waals surface area contributed by atoms with Gasteiger partial charge in [-0.1, -0.05) is 6.92 Å². The lowest BCUT2D eigenvalue weighted by Gasteiger charge is -2.29. The molecular weight excluding hydrogens is 557 g/mol. The average Bonchev–Trinajstić information content (AvgIpc) is 3.80. The Morgan fingerprint density at radius 2 is 2.02 bits per heavy atom. The molecule has 1 N–H and O–H groups in total. The first kappa shape index (κ1) is 30.2. The number of carbonyl (C=O) groups excluding carboxylic acids is 1. The Hall–Kier alpha value is -3.81. The van der Waals surface area contributed by atoms with E-state index < -0.39 is 12.2 Å². The number of alkyl halides is 3. The van der Waals surface area contributed by atoms with Gasteiger partial charge in [-0.05, 0) is 44.6 Å². The third-order valence-corrected chi connectivity index (χ3v) is 7.42. The van der Waals surface area contributed by atoms with Crippen LogP contribution in [-0.4, -0.2) is 69.2 Å². The number of ether oxygens (including phenoxy) is 1. The first-order valence-corrected chi connectivity index (χ1v) is 14.0. The van der Waals surface area contributed by atoms with Crippen LogP contribution in [0, 0.1) is 6.92 Å². The summed E-state index contributed by atoms with van der Waals surface area (Å²) in [7, 11) is 2.72. The Labute approximate surface area is 240 Å². The minimum absolute atomic E-state index is 0.0217. The smallest absolute Gasteiger partial charge is 0.408 e. The van der Waals surface area contributed by atoms with Crippen LogP contribution in [-0.2, 0) is 11.3 Å². The number of rotatable bonds is 11. The highest BCUT2D eigenvalue weighted by molar-refractivity contribution is 7.99. The molecule has 3 aromatic heterocycles. The van der Waals surface area contributed by atoms with Gasteiger partial charge in [0.2, 0.25) is 5.88 Å². The molecule has 0 aliphatic heterocycles. The molecule has 0 spiro atoms. The number of aromatic nitrogens is 5. The molecule has 1 aliphatic rings. The van der Waals surface area contributed by atoms with Crippen LogP contribution >= 0.6 is 11.8 Å². The van der Waals surface area contributed by atoms with Crippen molar-refractivity contribution in [2.24, 2.45) is 4.99 Å². The van der Waals surface area contributed by atoms with Crippen LogP contribution in [0.1, 0.15) is 49.7 Å². The number of thioether (sulfide) groups is 1. The largest absolute Gasteiger partial charge is 0.480 e. The van der Waals surface area contributed by atoms with Gasteiger partial charge in [0, 0.05) is 24.1 Å². The standard InChI is InChI=1S/C27H31F3N8O2S/c1-6-41-19-10-9-18(31-12-19)11-32-20(13-39)36-22-15(2)35-24(37-25(22)38(4)16(3)27(28,29)30)21-23(17-7-8-17)33-14-34-26(21)40-5/h9-10,12-14,16-17H,6-8,11H2,1-5H3,(H,32,36)/t16-/m0/s1. The first-order valence-electron chi connectivity index (χ1n) is 13.0. The molecule has 1 saturated carbocycles. The number of hydrogen-bond donors (Lipinski definition) is 1. The van der Waals surface area contributed by atoms with Gasteiger partial charge in [-0.15, -0.1) is 11.8 Å². The number of nitrogens with one attached hydrogen (secondary N) is 1. The van der Waals surface area contributed by atoms with Gasteiger partial charge in [0.1, 0.15) is 23.6 Å². The van der Waals surface area contributed by atoms with Crippen LogP contribution in [0.15, 0.2) is 34.5 Å². The number of anilines is 1. The quantitative estimate of drug-likeness (QED) is 0.141. The molecule has 0 aromatic carbocycles. The topological polar surface area (TPSA) is 118 Å². The molecule has 0 amide bonds. The van der Waals surface area contributed by atoms with Crippen molar-refractivity contribution in [1.29, 1.82) is 0 Å². The Balaban J connectivity index is 1.77. The normalized spacial score (nSPS) is 14.5. The molecule has 14 heteroatoms. The van der Waals surface area contributed by atoms with Crippen molar-refractivity contribution < 1.29 is 22.7 Å². The second-order valence-electron chi connectivity index (χ2n) is 9.44. The van der Waals surface area contributed by atoms with Crippen molar-refractivity contribution in [3.05, 3.63) is 41.7 Å². The van der Waals surface area contributed by atoms with Crippen LogP contribution in [0.2, 0.25) is 0 Å². The van der Waals surface area contributed by atoms with Crippen molar-refractivity contribution in [1.82, 2.24) is 30.2 Å². The number of aryl methyl sites for hydroxylation is 1. The van der Waals surface area contributed by atoms with E-state index in [1.165, 1.54) is 20.5 Å². The number of carbonyl (C=O) groups is 1. The van der Waals surface area contributed by atoms with Gasteiger partial charge < -0.3 is 15.0 Å². The summed E-state index contributed by atoms with van der Waals surface area (Å²) in [5.74, 6) is 1.20. The molecule has 0 bridgehead atoms. The van der Waals surface area contributed by atoms with Gasteiger partial charge in [-0.3, -0.25) is 9.78 Å². The molecule has 3 heterocycles. The van der Waals surface area contributed by atoms with Crippen molar-refractivity contribution in [3.8, 4) is 17.3 Å². The van der Waals surface area contributed by atoms with E-state index in [0.717, 1.165) is 35.3 Å². The Morgan fingerprint density at radius 3 is 2.61 bits per heavy atom.